The van der Waals surface area contributed by atoms with Gasteiger partial charge in [0, 0.05) is 38.7 Å². The largest absolute Gasteiger partial charge is 0.381 e. The number of amides is 1. The third-order valence-electron chi connectivity index (χ3n) is 6.94. The van der Waals surface area contributed by atoms with Gasteiger partial charge in [-0.3, -0.25) is 9.78 Å². The van der Waals surface area contributed by atoms with E-state index in [0.717, 1.165) is 58.4 Å². The first kappa shape index (κ1) is 22.3. The van der Waals surface area contributed by atoms with Gasteiger partial charge >= 0.3 is 0 Å². The van der Waals surface area contributed by atoms with Crippen LogP contribution in [0.1, 0.15) is 49.4 Å². The van der Waals surface area contributed by atoms with Crippen LogP contribution in [0.3, 0.4) is 0 Å². The standard InChI is InChI=1S/C26H32N4O2/c1-3-5-20(2)26(18-21-8-16-32-17-9-21)10-14-30(15-11-26)25(31)22-6-4-12-28-24(22)23-7-13-27-19-29-23/h3-7,12-13,19,21H,2,8-11,14-18H2,1H3/b5-3+. The second-order valence-corrected chi connectivity index (χ2v) is 8.85. The van der Waals surface area contributed by atoms with Gasteiger partial charge in [-0.05, 0) is 74.1 Å². The monoisotopic (exact) mass is 432 g/mol. The maximum atomic E-state index is 13.5. The number of hydrogen-bond acceptors (Lipinski definition) is 5. The Labute approximate surface area is 190 Å². The molecule has 0 atom stereocenters. The highest BCUT2D eigenvalue weighted by atomic mass is 16.5. The quantitative estimate of drug-likeness (QED) is 0.619. The second kappa shape index (κ2) is 10.2. The van der Waals surface area contributed by atoms with Gasteiger partial charge in [0.2, 0.25) is 0 Å². The minimum atomic E-state index is 0.0167. The van der Waals surface area contributed by atoms with Crippen LogP contribution in [0.5, 0.6) is 0 Å². The molecule has 2 fully saturated rings. The number of likely N-dealkylation sites (tertiary alicyclic amines) is 1. The maximum Gasteiger partial charge on any atom is 0.256 e. The zero-order valence-corrected chi connectivity index (χ0v) is 18.9. The Morgan fingerprint density at radius 1 is 1.22 bits per heavy atom. The normalized spacial score (nSPS) is 19.2. The Morgan fingerprint density at radius 2 is 2.00 bits per heavy atom. The van der Waals surface area contributed by atoms with Crippen molar-refractivity contribution in [2.24, 2.45) is 11.3 Å². The smallest absolute Gasteiger partial charge is 0.256 e. The summed E-state index contributed by atoms with van der Waals surface area (Å²) in [6, 6.07) is 5.44. The Balaban J connectivity index is 1.51. The maximum absolute atomic E-state index is 13.5. The van der Waals surface area contributed by atoms with Gasteiger partial charge in [-0.15, -0.1) is 0 Å². The number of rotatable bonds is 6. The third kappa shape index (κ3) is 4.80. The Morgan fingerprint density at radius 3 is 2.69 bits per heavy atom. The van der Waals surface area contributed by atoms with Gasteiger partial charge in [0.1, 0.15) is 12.0 Å². The van der Waals surface area contributed by atoms with Crippen molar-refractivity contribution in [1.29, 1.82) is 0 Å². The molecule has 1 amide bonds. The van der Waals surface area contributed by atoms with Crippen molar-refractivity contribution in [2.75, 3.05) is 26.3 Å². The number of carbonyl (C=O) groups is 1. The Bertz CT molecular complexity index is 959. The van der Waals surface area contributed by atoms with E-state index in [-0.39, 0.29) is 11.3 Å². The zero-order chi connectivity index (χ0) is 22.4. The highest BCUT2D eigenvalue weighted by molar-refractivity contribution is 5.99. The van der Waals surface area contributed by atoms with Gasteiger partial charge in [-0.1, -0.05) is 18.7 Å². The van der Waals surface area contributed by atoms with Crippen LogP contribution < -0.4 is 0 Å². The highest BCUT2D eigenvalue weighted by Crippen LogP contribution is 2.46. The molecule has 6 heteroatoms. The number of piperidine rings is 1. The molecule has 6 nitrogen and oxygen atoms in total. The number of aromatic nitrogens is 3. The van der Waals surface area contributed by atoms with Crippen molar-refractivity contribution in [3.63, 3.8) is 0 Å². The molecule has 0 unspecified atom stereocenters. The molecule has 2 aromatic rings. The second-order valence-electron chi connectivity index (χ2n) is 8.85. The summed E-state index contributed by atoms with van der Waals surface area (Å²) in [5.74, 6) is 0.679. The summed E-state index contributed by atoms with van der Waals surface area (Å²) in [4.78, 5) is 28.2. The van der Waals surface area contributed by atoms with Crippen molar-refractivity contribution in [1.82, 2.24) is 19.9 Å². The highest BCUT2D eigenvalue weighted by Gasteiger charge is 2.39. The lowest BCUT2D eigenvalue weighted by molar-refractivity contribution is 0.0357. The molecule has 32 heavy (non-hydrogen) atoms. The van der Waals surface area contributed by atoms with E-state index < -0.39 is 0 Å². The minimum absolute atomic E-state index is 0.0167. The molecular formula is C26H32N4O2. The molecule has 4 rings (SSSR count). The fourth-order valence-corrected chi connectivity index (χ4v) is 5.06. The van der Waals surface area contributed by atoms with Gasteiger partial charge in [0.15, 0.2) is 0 Å². The van der Waals surface area contributed by atoms with Crippen LogP contribution in [0.2, 0.25) is 0 Å². The summed E-state index contributed by atoms with van der Waals surface area (Å²) in [5, 5.41) is 0. The van der Waals surface area contributed by atoms with Crippen LogP contribution in [0.4, 0.5) is 0 Å². The third-order valence-corrected chi connectivity index (χ3v) is 6.94. The lowest BCUT2D eigenvalue weighted by Gasteiger charge is -2.45. The first-order valence-electron chi connectivity index (χ1n) is 11.5. The van der Waals surface area contributed by atoms with Crippen LogP contribution >= 0.6 is 0 Å². The summed E-state index contributed by atoms with van der Waals surface area (Å²) >= 11 is 0. The van der Waals surface area contributed by atoms with Crippen molar-refractivity contribution in [3.05, 3.63) is 66.8 Å². The molecule has 0 aliphatic carbocycles. The number of pyridine rings is 1. The number of hydrogen-bond donors (Lipinski definition) is 0. The number of ether oxygens (including phenoxy) is 1. The first-order valence-corrected chi connectivity index (χ1v) is 11.5. The van der Waals surface area contributed by atoms with Gasteiger partial charge in [-0.25, -0.2) is 9.97 Å². The molecule has 2 aliphatic rings. The predicted molar refractivity (Wildman–Crippen MR) is 125 cm³/mol. The molecule has 0 radical (unpaired) electrons. The fraction of sp³-hybridized carbons (Fsp3) is 0.462. The van der Waals surface area contributed by atoms with E-state index in [2.05, 4.69) is 33.7 Å². The molecule has 0 bridgehead atoms. The van der Waals surface area contributed by atoms with E-state index in [4.69, 9.17) is 4.74 Å². The van der Waals surface area contributed by atoms with Crippen LogP contribution in [0.25, 0.3) is 11.4 Å². The number of carbonyl (C=O) groups excluding carboxylic acids is 1. The first-order chi connectivity index (χ1) is 15.6. The minimum Gasteiger partial charge on any atom is -0.381 e. The van der Waals surface area contributed by atoms with Gasteiger partial charge in [0.05, 0.1) is 11.3 Å². The molecule has 0 spiro atoms. The van der Waals surface area contributed by atoms with Crippen LogP contribution in [0, 0.1) is 11.3 Å². The lowest BCUT2D eigenvalue weighted by atomic mass is 9.66. The fourth-order valence-electron chi connectivity index (χ4n) is 5.06. The molecule has 0 aromatic carbocycles. The van der Waals surface area contributed by atoms with Gasteiger partial charge in [0.25, 0.3) is 5.91 Å². The summed E-state index contributed by atoms with van der Waals surface area (Å²) < 4.78 is 5.57. The molecule has 4 heterocycles. The summed E-state index contributed by atoms with van der Waals surface area (Å²) in [6.07, 6.45) is 14.3. The molecule has 0 N–H and O–H groups in total. The zero-order valence-electron chi connectivity index (χ0n) is 18.9. The van der Waals surface area contributed by atoms with Crippen molar-refractivity contribution in [2.45, 2.75) is 39.0 Å². The Kier molecular flexibility index (Phi) is 7.10. The van der Waals surface area contributed by atoms with E-state index in [9.17, 15) is 4.79 Å². The van der Waals surface area contributed by atoms with Gasteiger partial charge in [-0.2, -0.15) is 0 Å². The van der Waals surface area contributed by atoms with Crippen molar-refractivity contribution >= 4 is 5.91 Å². The summed E-state index contributed by atoms with van der Waals surface area (Å²) in [6.45, 7) is 9.64. The molecule has 2 saturated heterocycles. The average molecular weight is 433 g/mol. The Hall–Kier alpha value is -2.86. The van der Waals surface area contributed by atoms with Crippen LogP contribution in [-0.2, 0) is 4.74 Å². The van der Waals surface area contributed by atoms with Crippen molar-refractivity contribution in [3.8, 4) is 11.4 Å². The predicted octanol–water partition coefficient (Wildman–Crippen LogP) is 4.71. The van der Waals surface area contributed by atoms with Crippen molar-refractivity contribution < 1.29 is 9.53 Å². The number of allylic oxidation sites excluding steroid dienone is 3. The van der Waals surface area contributed by atoms with E-state index in [0.29, 0.717) is 22.9 Å². The topological polar surface area (TPSA) is 68.2 Å². The molecule has 2 aliphatic heterocycles. The molecule has 2 aromatic heterocycles. The lowest BCUT2D eigenvalue weighted by Crippen LogP contribution is -2.45. The summed E-state index contributed by atoms with van der Waals surface area (Å²) in [7, 11) is 0. The van der Waals surface area contributed by atoms with E-state index >= 15 is 0 Å². The van der Waals surface area contributed by atoms with Crippen LogP contribution in [0.15, 0.2) is 61.2 Å². The molecular weight excluding hydrogens is 400 g/mol. The van der Waals surface area contributed by atoms with E-state index in [1.54, 1.807) is 18.5 Å². The van der Waals surface area contributed by atoms with E-state index in [1.165, 1.54) is 11.9 Å². The molecule has 168 valence electrons. The van der Waals surface area contributed by atoms with Gasteiger partial charge < -0.3 is 9.64 Å². The average Bonchev–Trinajstić information content (AvgIpc) is 2.85. The SMILES string of the molecule is C=C(/C=C/C)C1(CC2CCOCC2)CCN(C(=O)c2cccnc2-c2ccncn2)CC1. The van der Waals surface area contributed by atoms with Crippen LogP contribution in [-0.4, -0.2) is 52.1 Å². The summed E-state index contributed by atoms with van der Waals surface area (Å²) in [5.41, 5.74) is 3.11. The molecule has 0 saturated carbocycles. The van der Waals surface area contributed by atoms with E-state index in [1.807, 2.05) is 24.0 Å². The number of nitrogens with zero attached hydrogens (tertiary/aromatic N) is 4.